The number of fused-ring (bicyclic) bond motifs is 6. The molecule has 13 aromatic rings. The van der Waals surface area contributed by atoms with Crippen molar-refractivity contribution in [3.05, 3.63) is 247 Å². The van der Waals surface area contributed by atoms with Gasteiger partial charge < -0.3 is 9.13 Å². The fraction of sp³-hybridized carbons (Fsp3) is 0.0303. The van der Waals surface area contributed by atoms with E-state index < -0.39 is 0 Å². The summed E-state index contributed by atoms with van der Waals surface area (Å²) in [7, 11) is 0. The van der Waals surface area contributed by atoms with Crippen LogP contribution in [0.25, 0.3) is 123 Å². The summed E-state index contributed by atoms with van der Waals surface area (Å²) in [6, 6.07) is 83.2. The van der Waals surface area contributed by atoms with E-state index in [1.807, 2.05) is 66.7 Å². The highest BCUT2D eigenvalue weighted by Gasteiger charge is 2.23. The second-order valence-corrected chi connectivity index (χ2v) is 18.4. The zero-order valence-corrected chi connectivity index (χ0v) is 39.6. The molecule has 3 heterocycles. The van der Waals surface area contributed by atoms with Gasteiger partial charge in [0.05, 0.1) is 39.4 Å². The summed E-state index contributed by atoms with van der Waals surface area (Å²) in [5, 5.41) is 15.7. The van der Waals surface area contributed by atoms with Crippen LogP contribution in [-0.2, 0) is 0 Å². The third-order valence-electron chi connectivity index (χ3n) is 14.1. The lowest BCUT2D eigenvalue weighted by molar-refractivity contribution is 1.07. The summed E-state index contributed by atoms with van der Waals surface area (Å²) < 4.78 is 4.68. The van der Waals surface area contributed by atoms with Gasteiger partial charge in [-0.25, -0.2) is 15.0 Å². The third-order valence-corrected chi connectivity index (χ3v) is 14.1. The van der Waals surface area contributed by atoms with Crippen LogP contribution in [0.3, 0.4) is 0 Å². The number of para-hydroxylation sites is 2. The highest BCUT2D eigenvalue weighted by atomic mass is 15.0. The average molecular weight is 921 g/mol. The van der Waals surface area contributed by atoms with Gasteiger partial charge in [-0.1, -0.05) is 158 Å². The van der Waals surface area contributed by atoms with Crippen molar-refractivity contribution < 1.29 is 0 Å². The van der Waals surface area contributed by atoms with Crippen LogP contribution in [-0.4, -0.2) is 24.1 Å². The van der Waals surface area contributed by atoms with Crippen molar-refractivity contribution >= 4 is 43.6 Å². The molecule has 0 fully saturated rings. The molecular weight excluding hydrogens is 877 g/mol. The molecule has 6 heteroatoms. The first-order valence-corrected chi connectivity index (χ1v) is 24.2. The van der Waals surface area contributed by atoms with E-state index in [-0.39, 0.29) is 0 Å². The first-order chi connectivity index (χ1) is 35.5. The summed E-state index contributed by atoms with van der Waals surface area (Å²) in [6.07, 6.45) is 0. The molecule has 10 aromatic carbocycles. The molecule has 0 aliphatic rings. The molecule has 0 amide bonds. The van der Waals surface area contributed by atoms with Gasteiger partial charge in [0.1, 0.15) is 0 Å². The standard InChI is InChI=1S/C66H44N6/c1-42-17-9-11-23-51(42)46-30-34-61-56(37-46)53-25-13-15-27-59(53)71(61)50-33-29-49(41-67)55(40-50)58-39-48(66-69-64(44-19-5-3-6-20-44)68-65(70-66)45-21-7-4-8-22-45)32-36-63(58)72-60-28-16-14-26-54(60)57-38-47(31-35-62(57)72)52-24-12-10-18-43(52)2/h3-40H,1-2H3. The Morgan fingerprint density at radius 3 is 1.35 bits per heavy atom. The highest BCUT2D eigenvalue weighted by molar-refractivity contribution is 6.12. The van der Waals surface area contributed by atoms with Gasteiger partial charge in [0, 0.05) is 55.0 Å². The largest absolute Gasteiger partial charge is 0.309 e. The minimum absolute atomic E-state index is 0.530. The predicted molar refractivity (Wildman–Crippen MR) is 295 cm³/mol. The Morgan fingerprint density at radius 1 is 0.333 bits per heavy atom. The van der Waals surface area contributed by atoms with Crippen LogP contribution < -0.4 is 0 Å². The van der Waals surface area contributed by atoms with Gasteiger partial charge in [-0.2, -0.15) is 5.26 Å². The van der Waals surface area contributed by atoms with Crippen molar-refractivity contribution in [2.45, 2.75) is 13.8 Å². The maximum atomic E-state index is 11.1. The van der Waals surface area contributed by atoms with Crippen molar-refractivity contribution in [3.8, 4) is 85.0 Å². The zero-order chi connectivity index (χ0) is 48.3. The Labute approximate surface area is 417 Å². The molecule has 338 valence electrons. The van der Waals surface area contributed by atoms with Gasteiger partial charge in [-0.15, -0.1) is 0 Å². The molecule has 0 N–H and O–H groups in total. The molecule has 13 rings (SSSR count). The molecule has 0 saturated carbocycles. The van der Waals surface area contributed by atoms with E-state index in [4.69, 9.17) is 15.0 Å². The summed E-state index contributed by atoms with van der Waals surface area (Å²) in [4.78, 5) is 15.4. The number of hydrogen-bond donors (Lipinski definition) is 0. The molecule has 0 saturated heterocycles. The Bertz CT molecular complexity index is 4250. The van der Waals surface area contributed by atoms with E-state index in [1.165, 1.54) is 27.8 Å². The molecule has 0 bridgehead atoms. The van der Waals surface area contributed by atoms with Crippen LogP contribution in [0.1, 0.15) is 16.7 Å². The van der Waals surface area contributed by atoms with E-state index in [1.54, 1.807) is 0 Å². The highest BCUT2D eigenvalue weighted by Crippen LogP contribution is 2.43. The Hall–Kier alpha value is -9.70. The van der Waals surface area contributed by atoms with Gasteiger partial charge in [0.25, 0.3) is 0 Å². The third kappa shape index (κ3) is 7.14. The number of rotatable bonds is 8. The van der Waals surface area contributed by atoms with E-state index in [0.29, 0.717) is 23.0 Å². The van der Waals surface area contributed by atoms with Crippen LogP contribution in [0.15, 0.2) is 231 Å². The quantitative estimate of drug-likeness (QED) is 0.152. The van der Waals surface area contributed by atoms with Gasteiger partial charge in [-0.05, 0) is 120 Å². The lowest BCUT2D eigenvalue weighted by atomic mass is 9.95. The number of nitriles is 1. The summed E-state index contributed by atoms with van der Waals surface area (Å²) in [5.74, 6) is 1.68. The van der Waals surface area contributed by atoms with Crippen LogP contribution in [0.5, 0.6) is 0 Å². The average Bonchev–Trinajstić information content (AvgIpc) is 3.95. The molecule has 72 heavy (non-hydrogen) atoms. The minimum atomic E-state index is 0.530. The normalized spacial score (nSPS) is 11.5. The van der Waals surface area contributed by atoms with Crippen molar-refractivity contribution in [2.75, 3.05) is 0 Å². The van der Waals surface area contributed by atoms with E-state index >= 15 is 0 Å². The predicted octanol–water partition coefficient (Wildman–Crippen LogP) is 16.6. The lowest BCUT2D eigenvalue weighted by Gasteiger charge is -2.18. The van der Waals surface area contributed by atoms with Crippen molar-refractivity contribution in [1.29, 1.82) is 5.26 Å². The lowest BCUT2D eigenvalue weighted by Crippen LogP contribution is -2.03. The van der Waals surface area contributed by atoms with Crippen LogP contribution >= 0.6 is 0 Å². The molecule has 0 radical (unpaired) electrons. The van der Waals surface area contributed by atoms with Crippen molar-refractivity contribution in [2.24, 2.45) is 0 Å². The smallest absolute Gasteiger partial charge is 0.164 e. The Balaban J connectivity index is 1.08. The second kappa shape index (κ2) is 17.4. The first kappa shape index (κ1) is 42.4. The summed E-state index contributed by atoms with van der Waals surface area (Å²) in [6.45, 7) is 4.33. The fourth-order valence-corrected chi connectivity index (χ4v) is 10.6. The number of hydrogen-bond acceptors (Lipinski definition) is 4. The first-order valence-electron chi connectivity index (χ1n) is 24.2. The maximum absolute atomic E-state index is 11.1. The fourth-order valence-electron chi connectivity index (χ4n) is 10.6. The van der Waals surface area contributed by atoms with Crippen LogP contribution in [0.2, 0.25) is 0 Å². The van der Waals surface area contributed by atoms with Crippen LogP contribution in [0.4, 0.5) is 0 Å². The topological polar surface area (TPSA) is 72.3 Å². The van der Waals surface area contributed by atoms with E-state index in [2.05, 4.69) is 193 Å². The monoisotopic (exact) mass is 920 g/mol. The molecule has 0 spiro atoms. The van der Waals surface area contributed by atoms with Crippen LogP contribution in [0, 0.1) is 25.2 Å². The maximum Gasteiger partial charge on any atom is 0.164 e. The molecule has 0 aliphatic carbocycles. The number of nitrogens with zero attached hydrogens (tertiary/aromatic N) is 6. The zero-order valence-electron chi connectivity index (χ0n) is 39.6. The van der Waals surface area contributed by atoms with Gasteiger partial charge in [-0.3, -0.25) is 0 Å². The number of benzene rings is 10. The minimum Gasteiger partial charge on any atom is -0.309 e. The molecule has 0 atom stereocenters. The van der Waals surface area contributed by atoms with E-state index in [9.17, 15) is 5.26 Å². The molecule has 0 unspecified atom stereocenters. The van der Waals surface area contributed by atoms with E-state index in [0.717, 1.165) is 88.4 Å². The molecular formula is C66H44N6. The van der Waals surface area contributed by atoms with Gasteiger partial charge >= 0.3 is 0 Å². The van der Waals surface area contributed by atoms with Crippen molar-refractivity contribution in [3.63, 3.8) is 0 Å². The Kier molecular flexibility index (Phi) is 10.2. The SMILES string of the molecule is Cc1ccccc1-c1ccc2c(c1)c1ccccc1n2-c1ccc(C#N)c(-c2cc(-c3nc(-c4ccccc4)nc(-c4ccccc4)n3)ccc2-n2c3ccccc3c3cc(-c4ccccc4C)ccc32)c1. The summed E-state index contributed by atoms with van der Waals surface area (Å²) in [5.41, 5.74) is 18.1. The molecule has 3 aromatic heterocycles. The summed E-state index contributed by atoms with van der Waals surface area (Å²) >= 11 is 0. The Morgan fingerprint density at radius 2 is 0.792 bits per heavy atom. The number of aryl methyl sites for hydroxylation is 2. The number of aromatic nitrogens is 5. The van der Waals surface area contributed by atoms with Crippen molar-refractivity contribution in [1.82, 2.24) is 24.1 Å². The second-order valence-electron chi connectivity index (χ2n) is 18.4. The van der Waals surface area contributed by atoms with Gasteiger partial charge in [0.2, 0.25) is 0 Å². The molecule has 0 aliphatic heterocycles. The van der Waals surface area contributed by atoms with Gasteiger partial charge in [0.15, 0.2) is 17.5 Å². The molecule has 6 nitrogen and oxygen atoms in total.